The van der Waals surface area contributed by atoms with E-state index in [-0.39, 0.29) is 29.5 Å². The number of rotatable bonds is 5. The fourth-order valence-electron chi connectivity index (χ4n) is 3.27. The Labute approximate surface area is 141 Å². The van der Waals surface area contributed by atoms with Crippen LogP contribution in [0.4, 0.5) is 13.6 Å². The van der Waals surface area contributed by atoms with Crippen LogP contribution >= 0.6 is 0 Å². The molecule has 1 aliphatic rings. The minimum absolute atomic E-state index is 0.0561. The van der Waals surface area contributed by atoms with E-state index in [2.05, 4.69) is 5.32 Å². The lowest BCUT2D eigenvalue weighted by molar-refractivity contribution is 0.113. The third kappa shape index (κ3) is 4.44. The number of nitrogens with one attached hydrogen (secondary N) is 1. The maximum Gasteiger partial charge on any atom is 0.317 e. The predicted molar refractivity (Wildman–Crippen MR) is 88.4 cm³/mol. The minimum atomic E-state index is -0.664. The molecule has 0 spiro atoms. The molecule has 0 aliphatic heterocycles. The van der Waals surface area contributed by atoms with Crippen LogP contribution in [0.2, 0.25) is 0 Å². The molecular weight excluding hydrogens is 314 g/mol. The molecule has 3 unspecified atom stereocenters. The number of carbonyl (C=O) groups excluding carboxylic acids is 1. The highest BCUT2D eigenvalue weighted by Gasteiger charge is 2.29. The van der Waals surface area contributed by atoms with Crippen molar-refractivity contribution in [3.8, 4) is 0 Å². The molecule has 0 bridgehead atoms. The Morgan fingerprint density at radius 1 is 1.38 bits per heavy atom. The zero-order valence-corrected chi connectivity index (χ0v) is 14.4. The molecule has 1 aromatic rings. The normalized spacial score (nSPS) is 21.8. The fourth-order valence-corrected chi connectivity index (χ4v) is 3.27. The number of hydrogen-bond acceptors (Lipinski definition) is 2. The van der Waals surface area contributed by atoms with Crippen LogP contribution in [-0.2, 0) is 0 Å². The lowest BCUT2D eigenvalue weighted by Gasteiger charge is -2.28. The van der Waals surface area contributed by atoms with Crippen LogP contribution in [0.1, 0.15) is 44.7 Å². The standard InChI is InChI=1S/C18H26F2N2O2/c1-11(2)17(14-8-7-13(19)9-15(14)20)21-18(24)22(3)10-12-5-4-6-16(12)23/h7-9,11-12,16-17,23H,4-6,10H2,1-3H3,(H,21,24). The number of amides is 2. The number of hydrogen-bond donors (Lipinski definition) is 2. The van der Waals surface area contributed by atoms with Gasteiger partial charge >= 0.3 is 6.03 Å². The van der Waals surface area contributed by atoms with Crippen LogP contribution in [-0.4, -0.2) is 35.7 Å². The summed E-state index contributed by atoms with van der Waals surface area (Å²) in [6.07, 6.45) is 2.28. The Morgan fingerprint density at radius 2 is 2.08 bits per heavy atom. The van der Waals surface area contributed by atoms with Crippen molar-refractivity contribution in [2.75, 3.05) is 13.6 Å². The van der Waals surface area contributed by atoms with E-state index in [9.17, 15) is 18.7 Å². The van der Waals surface area contributed by atoms with E-state index >= 15 is 0 Å². The first-order valence-corrected chi connectivity index (χ1v) is 8.44. The first kappa shape index (κ1) is 18.6. The van der Waals surface area contributed by atoms with Crippen molar-refractivity contribution in [2.45, 2.75) is 45.3 Å². The summed E-state index contributed by atoms with van der Waals surface area (Å²) in [7, 11) is 1.67. The topological polar surface area (TPSA) is 52.6 Å². The van der Waals surface area contributed by atoms with E-state index in [1.165, 1.54) is 17.0 Å². The van der Waals surface area contributed by atoms with Gasteiger partial charge in [-0.25, -0.2) is 13.6 Å². The molecule has 0 aromatic heterocycles. The molecule has 0 saturated heterocycles. The van der Waals surface area contributed by atoms with Gasteiger partial charge < -0.3 is 15.3 Å². The summed E-state index contributed by atoms with van der Waals surface area (Å²) in [4.78, 5) is 14.0. The van der Waals surface area contributed by atoms with Crippen molar-refractivity contribution in [3.63, 3.8) is 0 Å². The number of nitrogens with zero attached hydrogens (tertiary/aromatic N) is 1. The molecule has 1 saturated carbocycles. The maximum atomic E-state index is 14.1. The molecule has 4 nitrogen and oxygen atoms in total. The van der Waals surface area contributed by atoms with Crippen molar-refractivity contribution in [2.24, 2.45) is 11.8 Å². The van der Waals surface area contributed by atoms with E-state index in [0.717, 1.165) is 25.3 Å². The largest absolute Gasteiger partial charge is 0.393 e. The quantitative estimate of drug-likeness (QED) is 0.862. The van der Waals surface area contributed by atoms with Crippen molar-refractivity contribution >= 4 is 6.03 Å². The second kappa shape index (κ2) is 7.92. The molecule has 2 N–H and O–H groups in total. The van der Waals surface area contributed by atoms with Crippen LogP contribution in [0, 0.1) is 23.5 Å². The number of halogens is 2. The average Bonchev–Trinajstić information content (AvgIpc) is 2.90. The zero-order valence-electron chi connectivity index (χ0n) is 14.4. The third-order valence-corrected chi connectivity index (χ3v) is 4.72. The molecular formula is C18H26F2N2O2. The van der Waals surface area contributed by atoms with Crippen LogP contribution in [0.3, 0.4) is 0 Å². The van der Waals surface area contributed by atoms with Crippen molar-refractivity contribution in [1.82, 2.24) is 10.2 Å². The van der Waals surface area contributed by atoms with Gasteiger partial charge in [-0.1, -0.05) is 26.3 Å². The number of aliphatic hydroxyl groups is 1. The van der Waals surface area contributed by atoms with Gasteiger partial charge in [-0.05, 0) is 24.8 Å². The second-order valence-corrected chi connectivity index (χ2v) is 6.98. The van der Waals surface area contributed by atoms with Crippen molar-refractivity contribution in [1.29, 1.82) is 0 Å². The maximum absolute atomic E-state index is 14.1. The molecule has 24 heavy (non-hydrogen) atoms. The molecule has 3 atom stereocenters. The minimum Gasteiger partial charge on any atom is -0.393 e. The molecule has 1 aromatic carbocycles. The SMILES string of the molecule is CC(C)C(NC(=O)N(C)CC1CCCC1O)c1ccc(F)cc1F. The Kier molecular flexibility index (Phi) is 6.15. The van der Waals surface area contributed by atoms with Gasteiger partial charge in [0.1, 0.15) is 11.6 Å². The first-order valence-electron chi connectivity index (χ1n) is 8.44. The van der Waals surface area contributed by atoms with E-state index in [1.807, 2.05) is 13.8 Å². The molecule has 2 rings (SSSR count). The smallest absolute Gasteiger partial charge is 0.317 e. The lowest BCUT2D eigenvalue weighted by Crippen LogP contribution is -2.43. The van der Waals surface area contributed by atoms with Gasteiger partial charge in [0.25, 0.3) is 0 Å². The summed E-state index contributed by atoms with van der Waals surface area (Å²) >= 11 is 0. The van der Waals surface area contributed by atoms with Gasteiger partial charge in [-0.3, -0.25) is 0 Å². The van der Waals surface area contributed by atoms with Crippen LogP contribution in [0.5, 0.6) is 0 Å². The molecule has 0 heterocycles. The number of benzene rings is 1. The fraction of sp³-hybridized carbons (Fsp3) is 0.611. The molecule has 0 radical (unpaired) electrons. The third-order valence-electron chi connectivity index (χ3n) is 4.72. The number of carbonyl (C=O) groups is 1. The van der Waals surface area contributed by atoms with Gasteiger partial charge in [-0.2, -0.15) is 0 Å². The summed E-state index contributed by atoms with van der Waals surface area (Å²) in [5.41, 5.74) is 0.272. The Morgan fingerprint density at radius 3 is 2.62 bits per heavy atom. The highest BCUT2D eigenvalue weighted by atomic mass is 19.1. The first-order chi connectivity index (χ1) is 11.3. The van der Waals surface area contributed by atoms with E-state index in [1.54, 1.807) is 7.05 Å². The monoisotopic (exact) mass is 340 g/mol. The van der Waals surface area contributed by atoms with Crippen molar-refractivity contribution < 1.29 is 18.7 Å². The summed E-state index contributed by atoms with van der Waals surface area (Å²) in [6.45, 7) is 4.20. The molecule has 134 valence electrons. The van der Waals surface area contributed by atoms with Crippen molar-refractivity contribution in [3.05, 3.63) is 35.4 Å². The lowest BCUT2D eigenvalue weighted by atomic mass is 9.95. The Balaban J connectivity index is 2.05. The molecule has 1 aliphatic carbocycles. The number of aliphatic hydroxyl groups excluding tert-OH is 1. The highest BCUT2D eigenvalue weighted by molar-refractivity contribution is 5.74. The number of urea groups is 1. The molecule has 1 fully saturated rings. The van der Waals surface area contributed by atoms with Gasteiger partial charge in [0, 0.05) is 31.1 Å². The van der Waals surface area contributed by atoms with Gasteiger partial charge in [0.2, 0.25) is 0 Å². The van der Waals surface area contributed by atoms with E-state index in [0.29, 0.717) is 6.54 Å². The Bertz CT molecular complexity index is 580. The second-order valence-electron chi connectivity index (χ2n) is 6.98. The predicted octanol–water partition coefficient (Wildman–Crippen LogP) is 3.46. The molecule has 2 amide bonds. The van der Waals surface area contributed by atoms with Gasteiger partial charge in [0.05, 0.1) is 12.1 Å². The van der Waals surface area contributed by atoms with Crippen LogP contribution in [0.25, 0.3) is 0 Å². The summed E-state index contributed by atoms with van der Waals surface area (Å²) < 4.78 is 27.2. The average molecular weight is 340 g/mol. The van der Waals surface area contributed by atoms with Gasteiger partial charge in [0.15, 0.2) is 0 Å². The van der Waals surface area contributed by atoms with E-state index < -0.39 is 17.7 Å². The summed E-state index contributed by atoms with van der Waals surface area (Å²) in [6, 6.07) is 2.52. The van der Waals surface area contributed by atoms with E-state index in [4.69, 9.17) is 0 Å². The highest BCUT2D eigenvalue weighted by Crippen LogP contribution is 2.27. The van der Waals surface area contributed by atoms with Crippen LogP contribution < -0.4 is 5.32 Å². The molecule has 6 heteroatoms. The van der Waals surface area contributed by atoms with Crippen LogP contribution in [0.15, 0.2) is 18.2 Å². The zero-order chi connectivity index (χ0) is 17.9. The summed E-state index contributed by atoms with van der Waals surface area (Å²) in [5, 5.41) is 12.7. The Hall–Kier alpha value is -1.69. The van der Waals surface area contributed by atoms with Gasteiger partial charge in [-0.15, -0.1) is 0 Å². The summed E-state index contributed by atoms with van der Waals surface area (Å²) in [5.74, 6) is -1.28.